The Bertz CT molecular complexity index is 885. The number of pyridine rings is 2. The number of hydrogen-bond donors (Lipinski definition) is 2. The zero-order valence-electron chi connectivity index (χ0n) is 15.8. The third-order valence-corrected chi connectivity index (χ3v) is 4.61. The Hall–Kier alpha value is -3.25. The maximum absolute atomic E-state index is 12.8. The summed E-state index contributed by atoms with van der Waals surface area (Å²) in [5.41, 5.74) is 7.57. The Kier molecular flexibility index (Phi) is 6.34. The van der Waals surface area contributed by atoms with Gasteiger partial charge >= 0.3 is 0 Å². The van der Waals surface area contributed by atoms with E-state index in [4.69, 9.17) is 10.5 Å². The lowest BCUT2D eigenvalue weighted by atomic mass is 9.83. The van der Waals surface area contributed by atoms with E-state index in [1.807, 2.05) is 55.5 Å². The summed E-state index contributed by atoms with van der Waals surface area (Å²) in [7, 11) is 0. The predicted octanol–water partition coefficient (Wildman–Crippen LogP) is 2.59. The second kappa shape index (κ2) is 9.10. The summed E-state index contributed by atoms with van der Waals surface area (Å²) < 4.78 is 5.53. The van der Waals surface area contributed by atoms with Crippen LogP contribution < -0.4 is 15.8 Å². The second-order valence-corrected chi connectivity index (χ2v) is 6.47. The van der Waals surface area contributed by atoms with E-state index in [0.717, 1.165) is 22.4 Å². The molecule has 1 aromatic carbocycles. The Morgan fingerprint density at radius 2 is 1.79 bits per heavy atom. The van der Waals surface area contributed by atoms with Crippen molar-refractivity contribution in [2.24, 2.45) is 5.73 Å². The van der Waals surface area contributed by atoms with Crippen LogP contribution in [0, 0.1) is 0 Å². The molecule has 0 spiro atoms. The molecule has 0 saturated carbocycles. The Balaban J connectivity index is 1.97. The van der Waals surface area contributed by atoms with Gasteiger partial charge in [-0.1, -0.05) is 18.2 Å². The molecule has 144 valence electrons. The minimum atomic E-state index is -1.08. The van der Waals surface area contributed by atoms with Crippen LogP contribution in [-0.2, 0) is 23.3 Å². The zero-order valence-corrected chi connectivity index (χ0v) is 15.8. The third-order valence-electron chi connectivity index (χ3n) is 4.61. The van der Waals surface area contributed by atoms with Crippen LogP contribution >= 0.6 is 0 Å². The number of ether oxygens (including phenoxy) is 1. The average Bonchev–Trinajstić information content (AvgIpc) is 2.73. The van der Waals surface area contributed by atoms with Crippen LogP contribution in [0.1, 0.15) is 23.6 Å². The first-order valence-electron chi connectivity index (χ1n) is 9.20. The summed E-state index contributed by atoms with van der Waals surface area (Å²) in [6.07, 6.45) is 7.30. The quantitative estimate of drug-likeness (QED) is 0.599. The van der Waals surface area contributed by atoms with Gasteiger partial charge in [-0.15, -0.1) is 0 Å². The Morgan fingerprint density at radius 1 is 1.04 bits per heavy atom. The monoisotopic (exact) mass is 376 g/mol. The van der Waals surface area contributed by atoms with Crippen LogP contribution in [0.5, 0.6) is 5.75 Å². The molecule has 0 aliphatic rings. The van der Waals surface area contributed by atoms with E-state index in [1.54, 1.807) is 24.8 Å². The maximum atomic E-state index is 12.8. The molecule has 3 N–H and O–H groups in total. The molecule has 3 rings (SSSR count). The van der Waals surface area contributed by atoms with Gasteiger partial charge in [0.25, 0.3) is 0 Å². The number of hydrogen-bond acceptors (Lipinski definition) is 5. The first-order chi connectivity index (χ1) is 13.6. The minimum absolute atomic E-state index is 0.402. The first kappa shape index (κ1) is 19.5. The highest BCUT2D eigenvalue weighted by atomic mass is 16.5. The molecular formula is C22H24N4O2. The molecule has 28 heavy (non-hydrogen) atoms. The van der Waals surface area contributed by atoms with E-state index in [2.05, 4.69) is 15.3 Å². The normalized spacial score (nSPS) is 12.9. The fourth-order valence-corrected chi connectivity index (χ4v) is 3.15. The van der Waals surface area contributed by atoms with Crippen LogP contribution in [0.25, 0.3) is 0 Å². The summed E-state index contributed by atoms with van der Waals surface area (Å²) in [6.45, 7) is 2.96. The number of nitrogens with two attached hydrogens (primary N) is 1. The molecule has 0 radical (unpaired) electrons. The second-order valence-electron chi connectivity index (χ2n) is 6.47. The molecule has 0 fully saturated rings. The van der Waals surface area contributed by atoms with Gasteiger partial charge in [-0.05, 0) is 53.9 Å². The van der Waals surface area contributed by atoms with Crippen molar-refractivity contribution in [3.05, 3.63) is 90.0 Å². The van der Waals surface area contributed by atoms with Gasteiger partial charge in [0.05, 0.1) is 6.61 Å². The first-order valence-corrected chi connectivity index (χ1v) is 9.20. The highest BCUT2D eigenvalue weighted by Crippen LogP contribution is 2.28. The maximum Gasteiger partial charge on any atom is 0.242 e. The summed E-state index contributed by atoms with van der Waals surface area (Å²) in [5.74, 6) is 0.304. The summed E-state index contributed by atoms with van der Waals surface area (Å²) >= 11 is 0. The van der Waals surface area contributed by atoms with Crippen LogP contribution in [0.4, 0.5) is 0 Å². The summed E-state index contributed by atoms with van der Waals surface area (Å²) in [4.78, 5) is 21.0. The number of carbonyl (C=O) groups excluding carboxylic acids is 1. The fourth-order valence-electron chi connectivity index (χ4n) is 3.15. The smallest absolute Gasteiger partial charge is 0.242 e. The van der Waals surface area contributed by atoms with Crippen molar-refractivity contribution in [1.29, 1.82) is 0 Å². The van der Waals surface area contributed by atoms with E-state index in [1.165, 1.54) is 0 Å². The van der Waals surface area contributed by atoms with E-state index < -0.39 is 11.4 Å². The predicted molar refractivity (Wildman–Crippen MR) is 108 cm³/mol. The zero-order chi connectivity index (χ0) is 19.8. The molecule has 6 heteroatoms. The molecule has 6 nitrogen and oxygen atoms in total. The molecule has 0 bridgehead atoms. The third kappa shape index (κ3) is 4.53. The highest BCUT2D eigenvalue weighted by Gasteiger charge is 2.38. The van der Waals surface area contributed by atoms with Crippen molar-refractivity contribution >= 4 is 5.91 Å². The standard InChI is InChI=1S/C22H24N4O2/c1-2-28-20-7-5-19(6-8-20)22(21(23)27,14-17-9-12-24-13-10-17)26-16-18-4-3-11-25-15-18/h3-13,15,26H,2,14,16H2,1H3,(H2,23,27). The fraction of sp³-hybridized carbons (Fsp3) is 0.227. The number of benzene rings is 1. The van der Waals surface area contributed by atoms with Crippen LogP contribution in [-0.4, -0.2) is 22.5 Å². The van der Waals surface area contributed by atoms with Gasteiger partial charge in [-0.25, -0.2) is 0 Å². The average molecular weight is 376 g/mol. The Labute approximate surface area is 164 Å². The summed E-state index contributed by atoms with van der Waals surface area (Å²) in [6, 6.07) is 15.1. The lowest BCUT2D eigenvalue weighted by Crippen LogP contribution is -2.54. The minimum Gasteiger partial charge on any atom is -0.494 e. The van der Waals surface area contributed by atoms with Gasteiger partial charge in [0, 0.05) is 37.8 Å². The van der Waals surface area contributed by atoms with Crippen molar-refractivity contribution < 1.29 is 9.53 Å². The number of amides is 1. The molecule has 2 heterocycles. The topological polar surface area (TPSA) is 90.1 Å². The van der Waals surface area contributed by atoms with E-state index >= 15 is 0 Å². The molecular weight excluding hydrogens is 352 g/mol. The number of nitrogens with one attached hydrogen (secondary N) is 1. The van der Waals surface area contributed by atoms with Gasteiger partial charge < -0.3 is 10.5 Å². The van der Waals surface area contributed by atoms with Gasteiger partial charge in [-0.2, -0.15) is 0 Å². The number of primary amides is 1. The number of aromatic nitrogens is 2. The van der Waals surface area contributed by atoms with Crippen LogP contribution in [0.15, 0.2) is 73.3 Å². The van der Waals surface area contributed by atoms with Gasteiger partial charge in [-0.3, -0.25) is 20.1 Å². The molecule has 2 aromatic heterocycles. The van der Waals surface area contributed by atoms with E-state index in [0.29, 0.717) is 19.6 Å². The largest absolute Gasteiger partial charge is 0.494 e. The molecule has 3 aromatic rings. The highest BCUT2D eigenvalue weighted by molar-refractivity contribution is 5.86. The molecule has 1 atom stereocenters. The Morgan fingerprint density at radius 3 is 2.39 bits per heavy atom. The molecule has 0 aliphatic heterocycles. The van der Waals surface area contributed by atoms with Gasteiger partial charge in [0.15, 0.2) is 0 Å². The van der Waals surface area contributed by atoms with Crippen molar-refractivity contribution in [3.8, 4) is 5.75 Å². The van der Waals surface area contributed by atoms with E-state index in [-0.39, 0.29) is 0 Å². The van der Waals surface area contributed by atoms with Crippen LogP contribution in [0.3, 0.4) is 0 Å². The molecule has 1 amide bonds. The lowest BCUT2D eigenvalue weighted by Gasteiger charge is -2.33. The number of nitrogens with zero attached hydrogens (tertiary/aromatic N) is 2. The molecule has 0 saturated heterocycles. The van der Waals surface area contributed by atoms with Gasteiger partial charge in [0.2, 0.25) is 5.91 Å². The van der Waals surface area contributed by atoms with Crippen LogP contribution in [0.2, 0.25) is 0 Å². The summed E-state index contributed by atoms with van der Waals surface area (Å²) in [5, 5.41) is 3.39. The SMILES string of the molecule is CCOc1ccc(C(Cc2ccncc2)(NCc2cccnc2)C(N)=O)cc1. The lowest BCUT2D eigenvalue weighted by molar-refractivity contribution is -0.125. The van der Waals surface area contributed by atoms with Crippen molar-refractivity contribution in [3.63, 3.8) is 0 Å². The van der Waals surface area contributed by atoms with E-state index in [9.17, 15) is 4.79 Å². The van der Waals surface area contributed by atoms with Crippen molar-refractivity contribution in [2.45, 2.75) is 25.4 Å². The number of carbonyl (C=O) groups is 1. The molecule has 0 aliphatic carbocycles. The molecule has 1 unspecified atom stereocenters. The van der Waals surface area contributed by atoms with Gasteiger partial charge in [0.1, 0.15) is 11.3 Å². The van der Waals surface area contributed by atoms with Crippen molar-refractivity contribution in [1.82, 2.24) is 15.3 Å². The number of rotatable bonds is 9. The van der Waals surface area contributed by atoms with Crippen molar-refractivity contribution in [2.75, 3.05) is 6.61 Å².